The first-order valence-electron chi connectivity index (χ1n) is 6.85. The van der Waals surface area contributed by atoms with Crippen molar-refractivity contribution in [2.45, 2.75) is 13.5 Å². The predicted octanol–water partition coefficient (Wildman–Crippen LogP) is 0.0285. The van der Waals surface area contributed by atoms with Crippen LogP contribution >= 0.6 is 0 Å². The summed E-state index contributed by atoms with van der Waals surface area (Å²) in [6.45, 7) is 11.2. The largest absolute Gasteiger partial charge is 0.334 e. The van der Waals surface area contributed by atoms with Crippen molar-refractivity contribution in [3.63, 3.8) is 0 Å². The van der Waals surface area contributed by atoms with Gasteiger partial charge < -0.3 is 14.8 Å². The van der Waals surface area contributed by atoms with Crippen LogP contribution in [0.25, 0.3) is 0 Å². The molecule has 18 heavy (non-hydrogen) atoms. The number of aromatic nitrogens is 2. The fraction of sp³-hybridized carbons (Fsp3) is 0.769. The summed E-state index contributed by atoms with van der Waals surface area (Å²) >= 11 is 0. The van der Waals surface area contributed by atoms with Crippen LogP contribution < -0.4 is 5.32 Å². The van der Waals surface area contributed by atoms with E-state index in [9.17, 15) is 0 Å². The minimum absolute atomic E-state index is 1.03. The third-order valence-electron chi connectivity index (χ3n) is 3.65. The van der Waals surface area contributed by atoms with Gasteiger partial charge in [-0.3, -0.25) is 4.90 Å². The highest BCUT2D eigenvalue weighted by Crippen LogP contribution is 1.97. The van der Waals surface area contributed by atoms with Crippen LogP contribution in [0.5, 0.6) is 0 Å². The van der Waals surface area contributed by atoms with Crippen LogP contribution in [0.1, 0.15) is 5.82 Å². The van der Waals surface area contributed by atoms with Crippen LogP contribution in [-0.2, 0) is 6.54 Å². The molecule has 0 bridgehead atoms. The minimum Gasteiger partial charge on any atom is -0.334 e. The Morgan fingerprint density at radius 2 is 2.00 bits per heavy atom. The van der Waals surface area contributed by atoms with E-state index in [0.29, 0.717) is 0 Å². The molecule has 0 unspecified atom stereocenters. The maximum atomic E-state index is 4.24. The molecule has 0 aliphatic carbocycles. The highest BCUT2D eigenvalue weighted by Gasteiger charge is 2.09. The van der Waals surface area contributed by atoms with Crippen LogP contribution in [0.2, 0.25) is 0 Å². The molecule has 0 radical (unpaired) electrons. The average Bonchev–Trinajstić information content (AvgIpc) is 2.81. The second kappa shape index (κ2) is 6.87. The molecule has 1 aliphatic rings. The lowest BCUT2D eigenvalue weighted by atomic mass is 10.3. The van der Waals surface area contributed by atoms with Gasteiger partial charge in [0.25, 0.3) is 0 Å². The van der Waals surface area contributed by atoms with Crippen LogP contribution in [-0.4, -0.2) is 72.2 Å². The minimum atomic E-state index is 1.03. The second-order valence-corrected chi connectivity index (χ2v) is 5.06. The average molecular weight is 251 g/mol. The molecule has 1 N–H and O–H groups in total. The number of rotatable bonds is 6. The van der Waals surface area contributed by atoms with Crippen LogP contribution in [0.4, 0.5) is 0 Å². The molecule has 0 amide bonds. The molecule has 1 aliphatic heterocycles. The summed E-state index contributed by atoms with van der Waals surface area (Å²) in [5, 5.41) is 3.39. The van der Waals surface area contributed by atoms with Crippen molar-refractivity contribution < 1.29 is 0 Å². The van der Waals surface area contributed by atoms with Gasteiger partial charge in [0.1, 0.15) is 5.82 Å². The number of aryl methyl sites for hydroxylation is 1. The van der Waals surface area contributed by atoms with E-state index in [2.05, 4.69) is 44.8 Å². The molecule has 102 valence electrons. The molecule has 2 heterocycles. The number of imidazole rings is 1. The van der Waals surface area contributed by atoms with Crippen molar-refractivity contribution >= 4 is 0 Å². The number of likely N-dealkylation sites (N-methyl/N-ethyl adjacent to an activating group) is 1. The zero-order valence-corrected chi connectivity index (χ0v) is 11.6. The van der Waals surface area contributed by atoms with Gasteiger partial charge in [-0.1, -0.05) is 0 Å². The summed E-state index contributed by atoms with van der Waals surface area (Å²) in [5.41, 5.74) is 0. The molecule has 2 rings (SSSR count). The topological polar surface area (TPSA) is 36.3 Å². The maximum absolute atomic E-state index is 4.24. The molecule has 0 aromatic carbocycles. The summed E-state index contributed by atoms with van der Waals surface area (Å²) < 4.78 is 2.21. The molecule has 5 nitrogen and oxygen atoms in total. The van der Waals surface area contributed by atoms with E-state index in [0.717, 1.165) is 38.5 Å². The van der Waals surface area contributed by atoms with E-state index in [1.807, 2.05) is 6.20 Å². The first-order chi connectivity index (χ1) is 8.75. The molecule has 0 spiro atoms. The van der Waals surface area contributed by atoms with Gasteiger partial charge in [0.15, 0.2) is 0 Å². The third kappa shape index (κ3) is 4.08. The first-order valence-corrected chi connectivity index (χ1v) is 6.85. The Hall–Kier alpha value is -0.910. The Kier molecular flexibility index (Phi) is 5.16. The van der Waals surface area contributed by atoms with Gasteiger partial charge >= 0.3 is 0 Å². The third-order valence-corrected chi connectivity index (χ3v) is 3.65. The van der Waals surface area contributed by atoms with Crippen molar-refractivity contribution in [1.29, 1.82) is 0 Å². The van der Waals surface area contributed by atoms with Crippen molar-refractivity contribution in [1.82, 2.24) is 24.7 Å². The molecule has 1 fully saturated rings. The Morgan fingerprint density at radius 1 is 1.28 bits per heavy atom. The van der Waals surface area contributed by atoms with Gasteiger partial charge in [0.2, 0.25) is 0 Å². The lowest BCUT2D eigenvalue weighted by molar-refractivity contribution is 0.202. The van der Waals surface area contributed by atoms with E-state index in [1.54, 1.807) is 0 Å². The zero-order valence-electron chi connectivity index (χ0n) is 11.6. The molecule has 0 atom stereocenters. The van der Waals surface area contributed by atoms with Crippen molar-refractivity contribution in [3.8, 4) is 0 Å². The second-order valence-electron chi connectivity index (χ2n) is 5.06. The fourth-order valence-electron chi connectivity index (χ4n) is 2.28. The number of hydrogen-bond donors (Lipinski definition) is 1. The predicted molar refractivity (Wildman–Crippen MR) is 73.8 cm³/mol. The van der Waals surface area contributed by atoms with Crippen LogP contribution in [0, 0.1) is 6.92 Å². The quantitative estimate of drug-likeness (QED) is 0.774. The summed E-state index contributed by atoms with van der Waals surface area (Å²) in [4.78, 5) is 9.18. The first kappa shape index (κ1) is 13.5. The van der Waals surface area contributed by atoms with Gasteiger partial charge in [0, 0.05) is 64.8 Å². The number of nitrogens with zero attached hydrogens (tertiary/aromatic N) is 4. The van der Waals surface area contributed by atoms with Gasteiger partial charge in [-0.2, -0.15) is 0 Å². The van der Waals surface area contributed by atoms with Gasteiger partial charge in [-0.25, -0.2) is 4.98 Å². The lowest BCUT2D eigenvalue weighted by Crippen LogP contribution is -2.46. The normalized spacial score (nSPS) is 17.5. The molecule has 0 saturated carbocycles. The van der Waals surface area contributed by atoms with E-state index >= 15 is 0 Å². The highest BCUT2D eigenvalue weighted by atomic mass is 15.2. The Bertz CT molecular complexity index is 343. The van der Waals surface area contributed by atoms with Crippen LogP contribution in [0.3, 0.4) is 0 Å². The number of hydrogen-bond acceptors (Lipinski definition) is 4. The molecular formula is C13H25N5. The van der Waals surface area contributed by atoms with Gasteiger partial charge in [-0.15, -0.1) is 0 Å². The lowest BCUT2D eigenvalue weighted by Gasteiger charge is -2.29. The Labute approximate surface area is 110 Å². The summed E-state index contributed by atoms with van der Waals surface area (Å²) in [5.74, 6) is 1.10. The SMILES string of the molecule is Cc1nccn1CCN(C)CCN1CCNCC1. The van der Waals surface area contributed by atoms with Crippen molar-refractivity contribution in [2.24, 2.45) is 0 Å². The summed E-state index contributed by atoms with van der Waals surface area (Å²) in [6.07, 6.45) is 3.93. The highest BCUT2D eigenvalue weighted by molar-refractivity contribution is 4.88. The Morgan fingerprint density at radius 3 is 2.67 bits per heavy atom. The maximum Gasteiger partial charge on any atom is 0.105 e. The summed E-state index contributed by atoms with van der Waals surface area (Å²) in [6, 6.07) is 0. The van der Waals surface area contributed by atoms with E-state index in [4.69, 9.17) is 0 Å². The zero-order chi connectivity index (χ0) is 12.8. The molecule has 1 aromatic rings. The standard InChI is InChI=1S/C13H25N5/c1-13-15-5-8-18(13)12-10-16(2)9-11-17-6-3-14-4-7-17/h5,8,14H,3-4,6-7,9-12H2,1-2H3. The monoisotopic (exact) mass is 251 g/mol. The van der Waals surface area contributed by atoms with Crippen molar-refractivity contribution in [2.75, 3.05) is 52.9 Å². The molecule has 5 heteroatoms. The number of nitrogens with one attached hydrogen (secondary N) is 1. The molecule has 1 saturated heterocycles. The smallest absolute Gasteiger partial charge is 0.105 e. The van der Waals surface area contributed by atoms with E-state index in [-0.39, 0.29) is 0 Å². The van der Waals surface area contributed by atoms with Gasteiger partial charge in [0.05, 0.1) is 0 Å². The van der Waals surface area contributed by atoms with Crippen molar-refractivity contribution in [3.05, 3.63) is 18.2 Å². The number of piperazine rings is 1. The van der Waals surface area contributed by atoms with E-state index in [1.165, 1.54) is 19.6 Å². The summed E-state index contributed by atoms with van der Waals surface area (Å²) in [7, 11) is 2.20. The van der Waals surface area contributed by atoms with E-state index < -0.39 is 0 Å². The van der Waals surface area contributed by atoms with Crippen LogP contribution in [0.15, 0.2) is 12.4 Å². The Balaban J connectivity index is 1.62. The molecule has 1 aromatic heterocycles. The van der Waals surface area contributed by atoms with Gasteiger partial charge in [-0.05, 0) is 14.0 Å². The fourth-order valence-corrected chi connectivity index (χ4v) is 2.28. The molecular weight excluding hydrogens is 226 g/mol.